The Kier molecular flexibility index (Phi) is 5.19. The predicted molar refractivity (Wildman–Crippen MR) is 115 cm³/mol. The van der Waals surface area contributed by atoms with Crippen LogP contribution in [0.3, 0.4) is 0 Å². The van der Waals surface area contributed by atoms with E-state index in [1.54, 1.807) is 11.0 Å². The Hall–Kier alpha value is -3.55. The van der Waals surface area contributed by atoms with Gasteiger partial charge in [0.2, 0.25) is 11.8 Å². The van der Waals surface area contributed by atoms with Gasteiger partial charge in [-0.3, -0.25) is 9.59 Å². The second-order valence-corrected chi connectivity index (χ2v) is 7.83. The molecule has 1 saturated heterocycles. The van der Waals surface area contributed by atoms with Crippen LogP contribution in [0.5, 0.6) is 11.5 Å². The molecule has 2 amide bonds. The van der Waals surface area contributed by atoms with Crippen LogP contribution in [-0.2, 0) is 16.0 Å². The molecule has 8 heteroatoms. The Labute approximate surface area is 179 Å². The summed E-state index contributed by atoms with van der Waals surface area (Å²) in [5.41, 5.74) is 2.70. The van der Waals surface area contributed by atoms with E-state index in [9.17, 15) is 9.59 Å². The van der Waals surface area contributed by atoms with Crippen molar-refractivity contribution in [2.75, 3.05) is 31.2 Å². The Bertz CT molecular complexity index is 1090. The normalized spacial score (nSPS) is 17.9. The minimum Gasteiger partial charge on any atom is -0.486 e. The van der Waals surface area contributed by atoms with Crippen molar-refractivity contribution < 1.29 is 19.1 Å². The fourth-order valence-electron chi connectivity index (χ4n) is 4.07. The lowest BCUT2D eigenvalue weighted by Crippen LogP contribution is -2.33. The molecule has 160 valence electrons. The van der Waals surface area contributed by atoms with Gasteiger partial charge < -0.3 is 24.7 Å². The summed E-state index contributed by atoms with van der Waals surface area (Å²) >= 11 is 0. The maximum Gasteiger partial charge on any atom is 0.227 e. The first kappa shape index (κ1) is 19.4. The minimum atomic E-state index is -0.355. The number of imidazole rings is 1. The molecular weight excluding hydrogens is 396 g/mol. The van der Waals surface area contributed by atoms with E-state index in [2.05, 4.69) is 15.3 Å². The van der Waals surface area contributed by atoms with Crippen molar-refractivity contribution >= 4 is 28.5 Å². The van der Waals surface area contributed by atoms with E-state index in [-0.39, 0.29) is 24.2 Å². The number of aromatic amines is 1. The van der Waals surface area contributed by atoms with Gasteiger partial charge in [0.1, 0.15) is 19.0 Å². The number of aryl methyl sites for hydroxylation is 1. The number of anilines is 1. The van der Waals surface area contributed by atoms with E-state index < -0.39 is 0 Å². The Morgan fingerprint density at radius 1 is 1.16 bits per heavy atom. The maximum atomic E-state index is 12.6. The zero-order valence-corrected chi connectivity index (χ0v) is 17.1. The molecule has 1 fully saturated rings. The zero-order chi connectivity index (χ0) is 21.2. The van der Waals surface area contributed by atoms with Crippen LogP contribution in [-0.4, -0.2) is 48.1 Å². The van der Waals surface area contributed by atoms with Gasteiger partial charge in [0.15, 0.2) is 11.5 Å². The summed E-state index contributed by atoms with van der Waals surface area (Å²) in [6.07, 6.45) is 1.74. The zero-order valence-electron chi connectivity index (χ0n) is 17.1. The number of para-hydroxylation sites is 2. The number of nitrogens with one attached hydrogen (secondary N) is 2. The molecule has 0 aliphatic carbocycles. The van der Waals surface area contributed by atoms with Crippen LogP contribution in [0.4, 0.5) is 5.69 Å². The molecule has 2 aliphatic heterocycles. The number of fused-ring (bicyclic) bond motifs is 2. The highest BCUT2D eigenvalue weighted by Crippen LogP contribution is 2.36. The van der Waals surface area contributed by atoms with Crippen molar-refractivity contribution in [3.63, 3.8) is 0 Å². The van der Waals surface area contributed by atoms with Crippen LogP contribution in [0.1, 0.15) is 18.7 Å². The largest absolute Gasteiger partial charge is 0.486 e. The lowest BCUT2D eigenvalue weighted by molar-refractivity contribution is -0.126. The molecule has 5 rings (SSSR count). The van der Waals surface area contributed by atoms with E-state index in [1.165, 1.54) is 0 Å². The average molecular weight is 420 g/mol. The molecule has 3 heterocycles. The highest BCUT2D eigenvalue weighted by atomic mass is 16.6. The van der Waals surface area contributed by atoms with Crippen LogP contribution in [0.25, 0.3) is 11.0 Å². The number of amides is 2. The number of carbonyl (C=O) groups is 2. The number of benzene rings is 2. The lowest BCUT2D eigenvalue weighted by Gasteiger charge is -2.22. The van der Waals surface area contributed by atoms with Crippen molar-refractivity contribution in [3.8, 4) is 11.5 Å². The van der Waals surface area contributed by atoms with Crippen LogP contribution in [0.15, 0.2) is 42.5 Å². The first-order valence-electron chi connectivity index (χ1n) is 10.6. The molecule has 31 heavy (non-hydrogen) atoms. The van der Waals surface area contributed by atoms with Gasteiger partial charge in [-0.05, 0) is 30.7 Å². The number of hydrogen-bond acceptors (Lipinski definition) is 5. The number of aromatic nitrogens is 2. The number of carbonyl (C=O) groups excluding carboxylic acids is 2. The van der Waals surface area contributed by atoms with Crippen LogP contribution < -0.4 is 19.7 Å². The standard InChI is InChI=1S/C23H24N4O4/c28-22-12-15(14-27(22)16-7-8-19-20(13-16)31-11-10-30-19)23(29)24-9-3-6-21-25-17-4-1-2-5-18(17)26-21/h1-2,4-5,7-8,13,15H,3,6,9-12,14H2,(H,24,29)(H,25,26)/t15-/m0/s1. The molecule has 2 N–H and O–H groups in total. The highest BCUT2D eigenvalue weighted by Gasteiger charge is 2.35. The Morgan fingerprint density at radius 3 is 2.87 bits per heavy atom. The van der Waals surface area contributed by atoms with Crippen molar-refractivity contribution in [2.24, 2.45) is 5.92 Å². The number of H-pyrrole nitrogens is 1. The van der Waals surface area contributed by atoms with Gasteiger partial charge in [-0.2, -0.15) is 0 Å². The number of nitrogens with zero attached hydrogens (tertiary/aromatic N) is 2. The average Bonchev–Trinajstić information content (AvgIpc) is 3.39. The number of rotatable bonds is 6. The quantitative estimate of drug-likeness (QED) is 0.597. The molecule has 0 radical (unpaired) electrons. The van der Waals surface area contributed by atoms with E-state index >= 15 is 0 Å². The van der Waals surface area contributed by atoms with Gasteiger partial charge in [-0.15, -0.1) is 0 Å². The Balaban J connectivity index is 1.13. The molecule has 2 aliphatic rings. The summed E-state index contributed by atoms with van der Waals surface area (Å²) in [5.74, 6) is 1.73. The molecule has 0 bridgehead atoms. The van der Waals surface area contributed by atoms with E-state index in [1.807, 2.05) is 36.4 Å². The summed E-state index contributed by atoms with van der Waals surface area (Å²) in [7, 11) is 0. The van der Waals surface area contributed by atoms with Gasteiger partial charge in [0, 0.05) is 37.7 Å². The fourth-order valence-corrected chi connectivity index (χ4v) is 4.07. The van der Waals surface area contributed by atoms with Gasteiger partial charge in [0.05, 0.1) is 17.0 Å². The van der Waals surface area contributed by atoms with Gasteiger partial charge in [-0.25, -0.2) is 4.98 Å². The third kappa shape index (κ3) is 4.05. The fraction of sp³-hybridized carbons (Fsp3) is 0.348. The third-order valence-electron chi connectivity index (χ3n) is 5.66. The summed E-state index contributed by atoms with van der Waals surface area (Å²) < 4.78 is 11.1. The molecule has 8 nitrogen and oxygen atoms in total. The monoisotopic (exact) mass is 420 g/mol. The molecule has 1 atom stereocenters. The third-order valence-corrected chi connectivity index (χ3v) is 5.66. The second-order valence-electron chi connectivity index (χ2n) is 7.83. The van der Waals surface area contributed by atoms with Crippen molar-refractivity contribution in [2.45, 2.75) is 19.3 Å². The van der Waals surface area contributed by atoms with Gasteiger partial charge in [0.25, 0.3) is 0 Å². The summed E-state index contributed by atoms with van der Waals surface area (Å²) in [4.78, 5) is 34.6. The van der Waals surface area contributed by atoms with E-state index in [0.29, 0.717) is 37.8 Å². The van der Waals surface area contributed by atoms with Crippen LogP contribution in [0, 0.1) is 5.92 Å². The summed E-state index contributed by atoms with van der Waals surface area (Å²) in [6, 6.07) is 13.4. The first-order chi connectivity index (χ1) is 15.2. The SMILES string of the molecule is O=C(NCCCc1nc2ccccc2[nH]1)[C@H]1CC(=O)N(c2ccc3c(c2)OCCO3)C1. The van der Waals surface area contributed by atoms with Crippen molar-refractivity contribution in [1.82, 2.24) is 15.3 Å². The predicted octanol–water partition coefficient (Wildman–Crippen LogP) is 2.44. The number of ether oxygens (including phenoxy) is 2. The summed E-state index contributed by atoms with van der Waals surface area (Å²) in [6.45, 7) is 1.93. The lowest BCUT2D eigenvalue weighted by atomic mass is 10.1. The Morgan fingerprint density at radius 2 is 2.00 bits per heavy atom. The maximum absolute atomic E-state index is 12.6. The molecule has 0 unspecified atom stereocenters. The van der Waals surface area contributed by atoms with Crippen molar-refractivity contribution in [1.29, 1.82) is 0 Å². The molecule has 1 aromatic heterocycles. The summed E-state index contributed by atoms with van der Waals surface area (Å²) in [5, 5.41) is 2.97. The first-order valence-corrected chi connectivity index (χ1v) is 10.6. The second kappa shape index (κ2) is 8.29. The van der Waals surface area contributed by atoms with E-state index in [0.717, 1.165) is 35.4 Å². The number of hydrogen-bond donors (Lipinski definition) is 2. The van der Waals surface area contributed by atoms with Crippen molar-refractivity contribution in [3.05, 3.63) is 48.3 Å². The molecule has 2 aromatic carbocycles. The molecule has 3 aromatic rings. The minimum absolute atomic E-state index is 0.0564. The smallest absolute Gasteiger partial charge is 0.227 e. The topological polar surface area (TPSA) is 96.5 Å². The van der Waals surface area contributed by atoms with Crippen LogP contribution in [0.2, 0.25) is 0 Å². The van der Waals surface area contributed by atoms with Gasteiger partial charge >= 0.3 is 0 Å². The van der Waals surface area contributed by atoms with Gasteiger partial charge in [-0.1, -0.05) is 12.1 Å². The highest BCUT2D eigenvalue weighted by molar-refractivity contribution is 6.00. The van der Waals surface area contributed by atoms with Crippen LogP contribution >= 0.6 is 0 Å². The molecule has 0 spiro atoms. The van der Waals surface area contributed by atoms with E-state index in [4.69, 9.17) is 9.47 Å². The molecule has 0 saturated carbocycles. The molecular formula is C23H24N4O4.